The molecule has 0 amide bonds. The van der Waals surface area contributed by atoms with Gasteiger partial charge < -0.3 is 10.6 Å². The van der Waals surface area contributed by atoms with E-state index in [2.05, 4.69) is 28.8 Å². The molecule has 2 rings (SSSR count). The number of rotatable bonds is 3. The summed E-state index contributed by atoms with van der Waals surface area (Å²) in [5.41, 5.74) is 6.11. The van der Waals surface area contributed by atoms with Gasteiger partial charge >= 0.3 is 0 Å². The Hall–Kier alpha value is -1.62. The number of hydrogen-bond donors (Lipinski definition) is 2. The first-order chi connectivity index (χ1) is 8.61. The zero-order valence-corrected chi connectivity index (χ0v) is 11.1. The normalized spacial score (nSPS) is 21.0. The van der Waals surface area contributed by atoms with Gasteiger partial charge in [-0.1, -0.05) is 6.92 Å². The van der Waals surface area contributed by atoms with Crippen LogP contribution in [0.3, 0.4) is 0 Å². The van der Waals surface area contributed by atoms with Gasteiger partial charge in [0.2, 0.25) is 0 Å². The van der Waals surface area contributed by atoms with E-state index in [-0.39, 0.29) is 5.84 Å². The van der Waals surface area contributed by atoms with Crippen LogP contribution >= 0.6 is 0 Å². The summed E-state index contributed by atoms with van der Waals surface area (Å²) in [5.74, 6) is 1.05. The van der Waals surface area contributed by atoms with Crippen molar-refractivity contribution in [1.29, 1.82) is 5.41 Å². The Morgan fingerprint density at radius 3 is 2.83 bits per heavy atom. The number of nitrogen functional groups attached to an aromatic ring is 1. The predicted octanol–water partition coefficient (Wildman–Crippen LogP) is 0.896. The first-order valence-electron chi connectivity index (χ1n) is 6.37. The van der Waals surface area contributed by atoms with Crippen LogP contribution in [0.15, 0.2) is 18.3 Å². The van der Waals surface area contributed by atoms with Crippen LogP contribution in [-0.4, -0.2) is 48.4 Å². The quantitative estimate of drug-likeness (QED) is 0.615. The van der Waals surface area contributed by atoms with Crippen LogP contribution in [0, 0.1) is 5.41 Å². The molecule has 0 aromatic carbocycles. The van der Waals surface area contributed by atoms with Crippen molar-refractivity contribution in [3.05, 3.63) is 23.9 Å². The molecule has 0 aliphatic carbocycles. The summed E-state index contributed by atoms with van der Waals surface area (Å²) >= 11 is 0. The summed E-state index contributed by atoms with van der Waals surface area (Å²) in [5, 5.41) is 7.36. The van der Waals surface area contributed by atoms with Gasteiger partial charge in [-0.25, -0.2) is 4.98 Å². The van der Waals surface area contributed by atoms with Gasteiger partial charge in [-0.3, -0.25) is 10.3 Å². The molecule has 3 N–H and O–H groups in total. The molecule has 1 aromatic rings. The van der Waals surface area contributed by atoms with Crippen molar-refractivity contribution in [3.63, 3.8) is 0 Å². The van der Waals surface area contributed by atoms with Gasteiger partial charge in [-0.2, -0.15) is 0 Å². The molecular weight excluding hydrogens is 226 g/mol. The van der Waals surface area contributed by atoms with Crippen molar-refractivity contribution >= 4 is 11.7 Å². The zero-order chi connectivity index (χ0) is 13.1. The van der Waals surface area contributed by atoms with Crippen LogP contribution < -0.4 is 10.6 Å². The fraction of sp³-hybridized carbons (Fsp3) is 0.538. The lowest BCUT2D eigenvalue weighted by molar-refractivity contribution is 0.213. The van der Waals surface area contributed by atoms with Crippen LogP contribution in [0.1, 0.15) is 18.9 Å². The van der Waals surface area contributed by atoms with E-state index in [0.717, 1.165) is 31.9 Å². The number of nitrogens with two attached hydrogens (primary N) is 1. The minimum Gasteiger partial charge on any atom is -0.384 e. The smallest absolute Gasteiger partial charge is 0.128 e. The first kappa shape index (κ1) is 12.8. The van der Waals surface area contributed by atoms with Gasteiger partial charge in [0.1, 0.15) is 11.7 Å². The summed E-state index contributed by atoms with van der Waals surface area (Å²) in [6, 6.07) is 4.41. The highest BCUT2D eigenvalue weighted by Crippen LogP contribution is 2.17. The van der Waals surface area contributed by atoms with Crippen molar-refractivity contribution < 1.29 is 0 Å². The van der Waals surface area contributed by atoms with E-state index in [0.29, 0.717) is 11.6 Å². The van der Waals surface area contributed by atoms with E-state index in [1.165, 1.54) is 0 Å². The van der Waals surface area contributed by atoms with E-state index in [1.807, 2.05) is 12.1 Å². The Morgan fingerprint density at radius 1 is 1.50 bits per heavy atom. The molecule has 1 saturated heterocycles. The van der Waals surface area contributed by atoms with Crippen molar-refractivity contribution in [2.45, 2.75) is 19.4 Å². The van der Waals surface area contributed by atoms with E-state index in [9.17, 15) is 0 Å². The molecule has 0 bridgehead atoms. The molecule has 1 aliphatic rings. The van der Waals surface area contributed by atoms with Crippen molar-refractivity contribution in [3.8, 4) is 0 Å². The lowest BCUT2D eigenvalue weighted by atomic mass is 10.1. The number of pyridine rings is 1. The number of piperazine rings is 1. The summed E-state index contributed by atoms with van der Waals surface area (Å²) in [6.07, 6.45) is 2.83. The molecule has 18 heavy (non-hydrogen) atoms. The monoisotopic (exact) mass is 247 g/mol. The molecule has 1 fully saturated rings. The fourth-order valence-electron chi connectivity index (χ4n) is 2.33. The van der Waals surface area contributed by atoms with Gasteiger partial charge in [0, 0.05) is 37.4 Å². The maximum Gasteiger partial charge on any atom is 0.128 e. The van der Waals surface area contributed by atoms with Crippen LogP contribution in [0.4, 0.5) is 5.82 Å². The molecule has 0 spiro atoms. The molecule has 0 radical (unpaired) electrons. The van der Waals surface area contributed by atoms with Crippen LogP contribution in [-0.2, 0) is 0 Å². The second-order valence-corrected chi connectivity index (χ2v) is 4.81. The van der Waals surface area contributed by atoms with Gasteiger partial charge in [-0.15, -0.1) is 0 Å². The zero-order valence-electron chi connectivity index (χ0n) is 11.1. The maximum atomic E-state index is 7.36. The summed E-state index contributed by atoms with van der Waals surface area (Å²) in [7, 11) is 2.18. The molecule has 1 atom stereocenters. The standard InChI is InChI=1S/C13H21N5/c1-3-11-9-18(7-6-17(11)2)12-5-4-10(8-16-12)13(14)15/h4-5,8,11H,3,6-7,9H2,1-2H3,(H3,14,15). The van der Waals surface area contributed by atoms with Crippen molar-refractivity contribution in [1.82, 2.24) is 9.88 Å². The highest BCUT2D eigenvalue weighted by atomic mass is 15.3. The number of aromatic nitrogens is 1. The topological polar surface area (TPSA) is 69.2 Å². The number of nitrogens with zero attached hydrogens (tertiary/aromatic N) is 3. The summed E-state index contributed by atoms with van der Waals surface area (Å²) in [6.45, 7) is 5.30. The number of hydrogen-bond acceptors (Lipinski definition) is 4. The fourth-order valence-corrected chi connectivity index (χ4v) is 2.33. The largest absolute Gasteiger partial charge is 0.384 e. The molecule has 5 nitrogen and oxygen atoms in total. The Bertz CT molecular complexity index is 414. The van der Waals surface area contributed by atoms with Gasteiger partial charge in [0.05, 0.1) is 0 Å². The maximum absolute atomic E-state index is 7.36. The third-order valence-electron chi connectivity index (χ3n) is 3.63. The second kappa shape index (κ2) is 5.35. The van der Waals surface area contributed by atoms with Gasteiger partial charge in [0.15, 0.2) is 0 Å². The Morgan fingerprint density at radius 2 is 2.28 bits per heavy atom. The van der Waals surface area contributed by atoms with Gasteiger partial charge in [-0.05, 0) is 25.6 Å². The van der Waals surface area contributed by atoms with Gasteiger partial charge in [0.25, 0.3) is 0 Å². The van der Waals surface area contributed by atoms with E-state index < -0.39 is 0 Å². The van der Waals surface area contributed by atoms with Crippen molar-refractivity contribution in [2.75, 3.05) is 31.6 Å². The molecule has 2 heterocycles. The van der Waals surface area contributed by atoms with E-state index >= 15 is 0 Å². The number of amidine groups is 1. The Balaban J connectivity index is 2.09. The molecule has 1 unspecified atom stereocenters. The highest BCUT2D eigenvalue weighted by molar-refractivity contribution is 5.94. The second-order valence-electron chi connectivity index (χ2n) is 4.81. The van der Waals surface area contributed by atoms with E-state index in [4.69, 9.17) is 11.1 Å². The average molecular weight is 247 g/mol. The minimum atomic E-state index is 0.0684. The molecule has 5 heteroatoms. The molecule has 0 saturated carbocycles. The van der Waals surface area contributed by atoms with Crippen molar-refractivity contribution in [2.24, 2.45) is 5.73 Å². The lowest BCUT2D eigenvalue weighted by Crippen LogP contribution is -2.51. The lowest BCUT2D eigenvalue weighted by Gasteiger charge is -2.39. The van der Waals surface area contributed by atoms with Crippen LogP contribution in [0.5, 0.6) is 0 Å². The molecule has 1 aliphatic heterocycles. The highest BCUT2D eigenvalue weighted by Gasteiger charge is 2.23. The first-order valence-corrected chi connectivity index (χ1v) is 6.37. The third kappa shape index (κ3) is 2.61. The number of anilines is 1. The number of likely N-dealkylation sites (N-methyl/N-ethyl adjacent to an activating group) is 1. The van der Waals surface area contributed by atoms with E-state index in [1.54, 1.807) is 6.20 Å². The predicted molar refractivity (Wildman–Crippen MR) is 74.2 cm³/mol. The van der Waals surface area contributed by atoms with Crippen LogP contribution in [0.2, 0.25) is 0 Å². The molecule has 98 valence electrons. The minimum absolute atomic E-state index is 0.0684. The Labute approximate surface area is 108 Å². The third-order valence-corrected chi connectivity index (χ3v) is 3.63. The Kier molecular flexibility index (Phi) is 3.81. The molecule has 1 aromatic heterocycles. The average Bonchev–Trinajstić information content (AvgIpc) is 2.39. The SMILES string of the molecule is CCC1CN(c2ccc(C(=N)N)cn2)CCN1C. The molecular formula is C13H21N5. The summed E-state index contributed by atoms with van der Waals surface area (Å²) in [4.78, 5) is 9.11. The summed E-state index contributed by atoms with van der Waals surface area (Å²) < 4.78 is 0. The number of nitrogens with one attached hydrogen (secondary N) is 1. The van der Waals surface area contributed by atoms with Crippen LogP contribution in [0.25, 0.3) is 0 Å².